The molecule has 8 nitrogen and oxygen atoms in total. The van der Waals surface area contributed by atoms with Crippen LogP contribution < -0.4 is 10.4 Å². The van der Waals surface area contributed by atoms with Gasteiger partial charge in [0.1, 0.15) is 0 Å². The standard InChI is InChI=1S/C15H16N3O5P/c1-11(19)16-13-4-2-12(3-5-13)10-24(22,23)17-14-6-8-15(9-7-14)18(20)21/h2-9H,10H2,1H3,(H,16,19)(H2,17,22,23). The van der Waals surface area contributed by atoms with Crippen molar-refractivity contribution in [1.29, 1.82) is 0 Å². The van der Waals surface area contributed by atoms with Crippen molar-refractivity contribution in [3.63, 3.8) is 0 Å². The first kappa shape index (κ1) is 17.7. The predicted molar refractivity (Wildman–Crippen MR) is 91.0 cm³/mol. The molecular formula is C15H16N3O5P. The molecule has 24 heavy (non-hydrogen) atoms. The molecule has 1 amide bonds. The molecule has 0 aliphatic rings. The molecule has 0 bridgehead atoms. The molecule has 9 heteroatoms. The highest BCUT2D eigenvalue weighted by atomic mass is 31.2. The van der Waals surface area contributed by atoms with E-state index in [9.17, 15) is 24.4 Å². The third kappa shape index (κ3) is 5.19. The summed E-state index contributed by atoms with van der Waals surface area (Å²) < 4.78 is 12.3. The fourth-order valence-electron chi connectivity index (χ4n) is 2.04. The lowest BCUT2D eigenvalue weighted by molar-refractivity contribution is -0.384. The molecule has 0 aliphatic heterocycles. The van der Waals surface area contributed by atoms with E-state index in [4.69, 9.17) is 0 Å². The van der Waals surface area contributed by atoms with E-state index in [1.807, 2.05) is 0 Å². The maximum Gasteiger partial charge on any atom is 0.295 e. The van der Waals surface area contributed by atoms with Crippen LogP contribution in [0.2, 0.25) is 0 Å². The zero-order valence-electron chi connectivity index (χ0n) is 12.8. The van der Waals surface area contributed by atoms with Crippen LogP contribution >= 0.6 is 7.52 Å². The van der Waals surface area contributed by atoms with Crippen molar-refractivity contribution >= 4 is 30.5 Å². The lowest BCUT2D eigenvalue weighted by atomic mass is 10.2. The minimum absolute atomic E-state index is 0.0955. The van der Waals surface area contributed by atoms with E-state index in [0.717, 1.165) is 0 Å². The molecule has 1 unspecified atom stereocenters. The zero-order valence-corrected chi connectivity index (χ0v) is 13.7. The Kier molecular flexibility index (Phi) is 5.33. The van der Waals surface area contributed by atoms with E-state index in [1.54, 1.807) is 24.3 Å². The molecule has 0 fully saturated rings. The highest BCUT2D eigenvalue weighted by Crippen LogP contribution is 2.44. The maximum atomic E-state index is 12.3. The number of amides is 1. The zero-order chi connectivity index (χ0) is 17.7. The summed E-state index contributed by atoms with van der Waals surface area (Å²) in [6, 6.07) is 11.8. The van der Waals surface area contributed by atoms with Gasteiger partial charge in [-0.2, -0.15) is 0 Å². The van der Waals surface area contributed by atoms with Gasteiger partial charge in [0.25, 0.3) is 13.2 Å². The van der Waals surface area contributed by atoms with Gasteiger partial charge in [-0.25, -0.2) is 0 Å². The van der Waals surface area contributed by atoms with Crippen LogP contribution in [0.5, 0.6) is 0 Å². The Morgan fingerprint density at radius 1 is 1.12 bits per heavy atom. The monoisotopic (exact) mass is 349 g/mol. The number of rotatable bonds is 6. The molecule has 0 saturated carbocycles. The van der Waals surface area contributed by atoms with Crippen LogP contribution in [-0.4, -0.2) is 15.7 Å². The number of carbonyl (C=O) groups excluding carboxylic acids is 1. The minimum Gasteiger partial charge on any atom is -0.329 e. The molecule has 1 atom stereocenters. The Labute approximate surface area is 138 Å². The van der Waals surface area contributed by atoms with Gasteiger partial charge < -0.3 is 15.3 Å². The fraction of sp³-hybridized carbons (Fsp3) is 0.133. The molecule has 0 aromatic heterocycles. The van der Waals surface area contributed by atoms with E-state index in [-0.39, 0.29) is 17.8 Å². The second kappa shape index (κ2) is 7.25. The molecule has 3 N–H and O–H groups in total. The number of nitrogens with zero attached hydrogens (tertiary/aromatic N) is 1. The molecular weight excluding hydrogens is 333 g/mol. The van der Waals surface area contributed by atoms with Crippen molar-refractivity contribution in [2.24, 2.45) is 0 Å². The number of nitro groups is 1. The summed E-state index contributed by atoms with van der Waals surface area (Å²) in [7, 11) is -3.73. The van der Waals surface area contributed by atoms with Gasteiger partial charge in [-0.15, -0.1) is 0 Å². The molecule has 0 heterocycles. The summed E-state index contributed by atoms with van der Waals surface area (Å²) >= 11 is 0. The average molecular weight is 349 g/mol. The van der Waals surface area contributed by atoms with Crippen LogP contribution in [0.4, 0.5) is 17.1 Å². The normalized spacial score (nSPS) is 12.9. The number of carbonyl (C=O) groups is 1. The van der Waals surface area contributed by atoms with Crippen molar-refractivity contribution in [3.05, 3.63) is 64.2 Å². The summed E-state index contributed by atoms with van der Waals surface area (Å²) in [5.74, 6) is -0.199. The van der Waals surface area contributed by atoms with Crippen LogP contribution in [0.3, 0.4) is 0 Å². The van der Waals surface area contributed by atoms with Crippen LogP contribution in [0, 0.1) is 10.1 Å². The lowest BCUT2D eigenvalue weighted by Crippen LogP contribution is -2.05. The number of hydrogen-bond donors (Lipinski definition) is 3. The Bertz CT molecular complexity index is 790. The highest BCUT2D eigenvalue weighted by Gasteiger charge is 2.19. The topological polar surface area (TPSA) is 122 Å². The minimum atomic E-state index is -3.73. The fourth-order valence-corrected chi connectivity index (χ4v) is 3.38. The quantitative estimate of drug-likeness (QED) is 0.418. The van der Waals surface area contributed by atoms with Crippen molar-refractivity contribution < 1.29 is 19.2 Å². The Morgan fingerprint density at radius 3 is 2.17 bits per heavy atom. The Balaban J connectivity index is 2.03. The first-order chi connectivity index (χ1) is 11.2. The van der Waals surface area contributed by atoms with Gasteiger partial charge >= 0.3 is 0 Å². The van der Waals surface area contributed by atoms with Gasteiger partial charge in [-0.1, -0.05) is 12.1 Å². The summed E-state index contributed by atoms with van der Waals surface area (Å²) in [4.78, 5) is 31.0. The van der Waals surface area contributed by atoms with E-state index in [2.05, 4.69) is 10.4 Å². The van der Waals surface area contributed by atoms with Gasteiger partial charge in [0.15, 0.2) is 0 Å². The van der Waals surface area contributed by atoms with Gasteiger partial charge in [-0.05, 0) is 29.8 Å². The number of hydrogen-bond acceptors (Lipinski definition) is 4. The molecule has 126 valence electrons. The second-order valence-corrected chi connectivity index (χ2v) is 7.10. The lowest BCUT2D eigenvalue weighted by Gasteiger charge is -2.14. The smallest absolute Gasteiger partial charge is 0.295 e. The highest BCUT2D eigenvalue weighted by molar-refractivity contribution is 7.58. The molecule has 0 aliphatic carbocycles. The maximum absolute atomic E-state index is 12.3. The number of nitrogens with one attached hydrogen (secondary N) is 2. The Hall–Kier alpha value is -2.70. The van der Waals surface area contributed by atoms with Crippen molar-refractivity contribution in [1.82, 2.24) is 0 Å². The first-order valence-corrected chi connectivity index (χ1v) is 8.81. The summed E-state index contributed by atoms with van der Waals surface area (Å²) in [6.45, 7) is 1.39. The van der Waals surface area contributed by atoms with E-state index < -0.39 is 12.4 Å². The molecule has 0 radical (unpaired) electrons. The van der Waals surface area contributed by atoms with Crippen molar-refractivity contribution in [2.45, 2.75) is 13.1 Å². The molecule has 2 aromatic rings. The van der Waals surface area contributed by atoms with Crippen molar-refractivity contribution in [3.8, 4) is 0 Å². The van der Waals surface area contributed by atoms with Gasteiger partial charge in [-0.3, -0.25) is 19.5 Å². The molecule has 0 saturated heterocycles. The number of non-ortho nitro benzene ring substituents is 1. The van der Waals surface area contributed by atoms with Crippen LogP contribution in [0.25, 0.3) is 0 Å². The number of benzene rings is 2. The number of nitro benzene ring substituents is 1. The van der Waals surface area contributed by atoms with Crippen LogP contribution in [0.15, 0.2) is 48.5 Å². The second-order valence-electron chi connectivity index (χ2n) is 5.15. The number of anilines is 2. The molecule has 2 aromatic carbocycles. The van der Waals surface area contributed by atoms with E-state index in [0.29, 0.717) is 16.9 Å². The van der Waals surface area contributed by atoms with E-state index in [1.165, 1.54) is 31.2 Å². The van der Waals surface area contributed by atoms with Crippen LogP contribution in [-0.2, 0) is 15.5 Å². The summed E-state index contributed by atoms with van der Waals surface area (Å²) in [6.07, 6.45) is -0.121. The van der Waals surface area contributed by atoms with Gasteiger partial charge in [0, 0.05) is 30.4 Å². The molecule has 2 rings (SSSR count). The average Bonchev–Trinajstić information content (AvgIpc) is 2.48. The first-order valence-electron chi connectivity index (χ1n) is 6.96. The largest absolute Gasteiger partial charge is 0.329 e. The van der Waals surface area contributed by atoms with Gasteiger partial charge in [0.2, 0.25) is 5.91 Å². The predicted octanol–water partition coefficient (Wildman–Crippen LogP) is 3.35. The van der Waals surface area contributed by atoms with Crippen molar-refractivity contribution in [2.75, 3.05) is 10.4 Å². The summed E-state index contributed by atoms with van der Waals surface area (Å²) in [5, 5.41) is 15.7. The van der Waals surface area contributed by atoms with E-state index >= 15 is 0 Å². The third-order valence-corrected chi connectivity index (χ3v) is 4.45. The Morgan fingerprint density at radius 2 is 1.67 bits per heavy atom. The van der Waals surface area contributed by atoms with Gasteiger partial charge in [0.05, 0.1) is 11.1 Å². The molecule has 0 spiro atoms. The third-order valence-electron chi connectivity index (χ3n) is 3.05. The summed E-state index contributed by atoms with van der Waals surface area (Å²) in [5.41, 5.74) is 1.44. The SMILES string of the molecule is CC(=O)Nc1ccc(CP(=O)(O)Nc2ccc([N+](=O)[O-])cc2)cc1. The van der Waals surface area contributed by atoms with Crippen LogP contribution in [0.1, 0.15) is 12.5 Å².